The molecule has 0 unspecified atom stereocenters. The van der Waals surface area contributed by atoms with Crippen LogP contribution in [0.5, 0.6) is 0 Å². The van der Waals surface area contributed by atoms with E-state index >= 15 is 0 Å². The van der Waals surface area contributed by atoms with Gasteiger partial charge in [-0.25, -0.2) is 4.79 Å². The Morgan fingerprint density at radius 1 is 0.871 bits per heavy atom. The van der Waals surface area contributed by atoms with Crippen molar-refractivity contribution in [2.45, 2.75) is 4.90 Å². The van der Waals surface area contributed by atoms with Gasteiger partial charge in [0, 0.05) is 16.8 Å². The van der Waals surface area contributed by atoms with Crippen molar-refractivity contribution in [2.24, 2.45) is 4.40 Å². The molecule has 0 aromatic heterocycles. The van der Waals surface area contributed by atoms with Crippen LogP contribution in [0.15, 0.2) is 99.9 Å². The SMILES string of the molecule is O=C(O)c1cccc(NC2=C/C(=N/S(=O)(=O)c3ccccc3)c3ccccc3C2=O)c1. The van der Waals surface area contributed by atoms with Gasteiger partial charge in [-0.1, -0.05) is 48.5 Å². The van der Waals surface area contributed by atoms with Crippen molar-refractivity contribution in [1.82, 2.24) is 0 Å². The van der Waals surface area contributed by atoms with E-state index in [1.807, 2.05) is 0 Å². The van der Waals surface area contributed by atoms with Crippen LogP contribution in [0, 0.1) is 0 Å². The molecular weight excluding hydrogens is 416 g/mol. The van der Waals surface area contributed by atoms with Crippen LogP contribution in [0.25, 0.3) is 0 Å². The zero-order valence-corrected chi connectivity index (χ0v) is 16.8. The van der Waals surface area contributed by atoms with Crippen LogP contribution in [0.1, 0.15) is 26.3 Å². The lowest BCUT2D eigenvalue weighted by Crippen LogP contribution is -2.22. The van der Waals surface area contributed by atoms with Gasteiger partial charge in [0.15, 0.2) is 0 Å². The maximum absolute atomic E-state index is 13.0. The summed E-state index contributed by atoms with van der Waals surface area (Å²) >= 11 is 0. The average molecular weight is 432 g/mol. The molecule has 8 heteroatoms. The van der Waals surface area contributed by atoms with E-state index in [0.29, 0.717) is 16.8 Å². The van der Waals surface area contributed by atoms with Crippen molar-refractivity contribution in [3.63, 3.8) is 0 Å². The number of carboxylic acid groups (broad SMARTS) is 1. The van der Waals surface area contributed by atoms with Gasteiger partial charge in [-0.05, 0) is 36.4 Å². The predicted molar refractivity (Wildman–Crippen MR) is 116 cm³/mol. The number of carbonyl (C=O) groups is 2. The number of anilines is 1. The summed E-state index contributed by atoms with van der Waals surface area (Å²) < 4.78 is 29.6. The second-order valence-electron chi connectivity index (χ2n) is 6.71. The molecular formula is C23H16N2O5S. The van der Waals surface area contributed by atoms with Crippen molar-refractivity contribution in [3.8, 4) is 0 Å². The molecule has 31 heavy (non-hydrogen) atoms. The van der Waals surface area contributed by atoms with Gasteiger partial charge >= 0.3 is 5.97 Å². The summed E-state index contributed by atoms with van der Waals surface area (Å²) in [5.74, 6) is -1.46. The molecule has 0 spiro atoms. The smallest absolute Gasteiger partial charge is 0.335 e. The van der Waals surface area contributed by atoms with E-state index in [-0.39, 0.29) is 27.7 Å². The monoisotopic (exact) mass is 432 g/mol. The van der Waals surface area contributed by atoms with E-state index in [2.05, 4.69) is 9.71 Å². The average Bonchev–Trinajstić information content (AvgIpc) is 2.77. The predicted octanol–water partition coefficient (Wildman–Crippen LogP) is 3.76. The Morgan fingerprint density at radius 3 is 2.26 bits per heavy atom. The number of carbonyl (C=O) groups excluding carboxylic acids is 1. The molecule has 3 aromatic rings. The summed E-state index contributed by atoms with van der Waals surface area (Å²) in [6, 6.07) is 20.3. The normalized spacial score (nSPS) is 14.6. The Kier molecular flexibility index (Phi) is 5.22. The number of nitrogens with one attached hydrogen (secondary N) is 1. The van der Waals surface area contributed by atoms with Gasteiger partial charge in [-0.2, -0.15) is 12.8 Å². The van der Waals surface area contributed by atoms with Crippen LogP contribution in [0.3, 0.4) is 0 Å². The second-order valence-corrected chi connectivity index (χ2v) is 8.31. The second kappa shape index (κ2) is 8.00. The number of sulfonamides is 1. The molecule has 0 atom stereocenters. The highest BCUT2D eigenvalue weighted by molar-refractivity contribution is 7.90. The maximum Gasteiger partial charge on any atom is 0.335 e. The maximum atomic E-state index is 13.0. The number of rotatable bonds is 5. The van der Waals surface area contributed by atoms with E-state index in [1.54, 1.807) is 54.6 Å². The van der Waals surface area contributed by atoms with Crippen molar-refractivity contribution in [3.05, 3.63) is 107 Å². The first-order valence-corrected chi connectivity index (χ1v) is 10.7. The van der Waals surface area contributed by atoms with E-state index in [0.717, 1.165) is 0 Å². The molecule has 3 aromatic carbocycles. The molecule has 1 aliphatic rings. The van der Waals surface area contributed by atoms with Gasteiger partial charge in [-0.15, -0.1) is 0 Å². The lowest BCUT2D eigenvalue weighted by atomic mass is 9.92. The Labute approximate surface area is 178 Å². The number of hydrogen-bond acceptors (Lipinski definition) is 5. The number of aromatic carboxylic acids is 1. The van der Waals surface area contributed by atoms with E-state index in [4.69, 9.17) is 0 Å². The van der Waals surface area contributed by atoms with E-state index in [9.17, 15) is 23.1 Å². The zero-order valence-electron chi connectivity index (χ0n) is 16.0. The minimum Gasteiger partial charge on any atom is -0.478 e. The number of allylic oxidation sites excluding steroid dienone is 2. The fourth-order valence-corrected chi connectivity index (χ4v) is 4.17. The summed E-state index contributed by atoms with van der Waals surface area (Å²) in [7, 11) is -4.01. The summed E-state index contributed by atoms with van der Waals surface area (Å²) in [5.41, 5.74) is 1.32. The van der Waals surface area contributed by atoms with E-state index in [1.165, 1.54) is 30.3 Å². The number of nitrogens with zero attached hydrogens (tertiary/aromatic N) is 1. The fraction of sp³-hybridized carbons (Fsp3) is 0. The molecule has 154 valence electrons. The first-order valence-electron chi connectivity index (χ1n) is 9.21. The van der Waals surface area contributed by atoms with Crippen LogP contribution in [-0.2, 0) is 10.0 Å². The van der Waals surface area contributed by atoms with Gasteiger partial charge < -0.3 is 10.4 Å². The van der Waals surface area contributed by atoms with Crippen molar-refractivity contribution < 1.29 is 23.1 Å². The molecule has 0 aliphatic heterocycles. The molecule has 0 saturated heterocycles. The third kappa shape index (κ3) is 4.15. The van der Waals surface area contributed by atoms with Gasteiger partial charge in [0.1, 0.15) is 0 Å². The Morgan fingerprint density at radius 2 is 1.55 bits per heavy atom. The third-order valence-corrected chi connectivity index (χ3v) is 5.93. The van der Waals surface area contributed by atoms with Crippen LogP contribution in [0.4, 0.5) is 5.69 Å². The minimum absolute atomic E-state index is 0.0361. The highest BCUT2D eigenvalue weighted by Crippen LogP contribution is 2.25. The molecule has 0 amide bonds. The Balaban J connectivity index is 1.80. The van der Waals surface area contributed by atoms with Gasteiger partial charge in [0.25, 0.3) is 10.0 Å². The number of hydrogen-bond donors (Lipinski definition) is 2. The molecule has 0 saturated carbocycles. The topological polar surface area (TPSA) is 113 Å². The molecule has 0 fully saturated rings. The van der Waals surface area contributed by atoms with Crippen molar-refractivity contribution in [1.29, 1.82) is 0 Å². The van der Waals surface area contributed by atoms with Gasteiger partial charge in [0.2, 0.25) is 5.78 Å². The summed E-state index contributed by atoms with van der Waals surface area (Å²) in [5, 5.41) is 12.1. The summed E-state index contributed by atoms with van der Waals surface area (Å²) in [6.07, 6.45) is 1.36. The lowest BCUT2D eigenvalue weighted by molar-refractivity contribution is 0.0696. The van der Waals surface area contributed by atoms with Gasteiger partial charge in [0.05, 0.1) is 21.9 Å². The Bertz CT molecular complexity index is 1360. The van der Waals surface area contributed by atoms with E-state index < -0.39 is 16.0 Å². The number of fused-ring (bicyclic) bond motifs is 1. The number of carboxylic acids is 1. The number of benzene rings is 3. The van der Waals surface area contributed by atoms with Gasteiger partial charge in [-0.3, -0.25) is 4.79 Å². The van der Waals surface area contributed by atoms with Crippen LogP contribution >= 0.6 is 0 Å². The molecule has 0 bridgehead atoms. The van der Waals surface area contributed by atoms with Crippen LogP contribution in [-0.4, -0.2) is 31.0 Å². The van der Waals surface area contributed by atoms with Crippen molar-refractivity contribution in [2.75, 3.05) is 5.32 Å². The standard InChI is InChI=1S/C23H16N2O5S/c26-22-19-12-5-4-11-18(19)20(25-31(29,30)17-9-2-1-3-10-17)14-21(22)24-16-8-6-7-15(13-16)23(27)28/h1-14,24H,(H,27,28)/b25-20-. The Hall–Kier alpha value is -4.04. The van der Waals surface area contributed by atoms with Crippen LogP contribution < -0.4 is 5.32 Å². The van der Waals surface area contributed by atoms with Crippen LogP contribution in [0.2, 0.25) is 0 Å². The molecule has 7 nitrogen and oxygen atoms in total. The highest BCUT2D eigenvalue weighted by Gasteiger charge is 2.26. The fourth-order valence-electron chi connectivity index (χ4n) is 3.16. The molecule has 0 radical (unpaired) electrons. The zero-order chi connectivity index (χ0) is 22.0. The molecule has 2 N–H and O–H groups in total. The number of ketones is 1. The number of Topliss-reactive ketones (excluding diaryl/α,β-unsaturated/α-hetero) is 1. The first-order chi connectivity index (χ1) is 14.8. The molecule has 4 rings (SSSR count). The molecule has 0 heterocycles. The lowest BCUT2D eigenvalue weighted by Gasteiger charge is -2.19. The first kappa shape index (κ1) is 20.2. The summed E-state index contributed by atoms with van der Waals surface area (Å²) in [6.45, 7) is 0. The minimum atomic E-state index is -4.01. The van der Waals surface area contributed by atoms with Crippen molar-refractivity contribution >= 4 is 33.2 Å². The quantitative estimate of drug-likeness (QED) is 0.635. The highest BCUT2D eigenvalue weighted by atomic mass is 32.2. The molecule has 1 aliphatic carbocycles. The largest absolute Gasteiger partial charge is 0.478 e. The summed E-state index contributed by atoms with van der Waals surface area (Å²) in [4.78, 5) is 24.2. The third-order valence-electron chi connectivity index (χ3n) is 4.62.